The first-order valence-corrected chi connectivity index (χ1v) is 27.8. The van der Waals surface area contributed by atoms with Gasteiger partial charge in [0.05, 0.1) is 61.5 Å². The van der Waals surface area contributed by atoms with E-state index in [0.29, 0.717) is 13.1 Å². The Labute approximate surface area is 467 Å². The van der Waals surface area contributed by atoms with Gasteiger partial charge < -0.3 is 53.9 Å². The van der Waals surface area contributed by atoms with Gasteiger partial charge in [-0.25, -0.2) is 19.6 Å². The maximum atomic E-state index is 13.8. The number of carbonyl (C=O) groups excluding carboxylic acids is 4. The number of rotatable bonds is 16. The van der Waals surface area contributed by atoms with Crippen molar-refractivity contribution in [3.05, 3.63) is 114 Å². The lowest BCUT2D eigenvalue weighted by molar-refractivity contribution is -0.136. The molecule has 3 aromatic carbocycles. The quantitative estimate of drug-likeness (QED) is 0.0723. The normalized spacial score (nSPS) is 15.9. The van der Waals surface area contributed by atoms with E-state index in [9.17, 15) is 19.2 Å². The number of imidazole rings is 2. The molecule has 6 aromatic rings. The summed E-state index contributed by atoms with van der Waals surface area (Å²) in [6, 6.07) is 26.4. The van der Waals surface area contributed by atoms with Crippen molar-refractivity contribution in [2.24, 2.45) is 11.8 Å². The topological polar surface area (TPSA) is 198 Å². The number of aromatic nitrogens is 5. The Hall–Kier alpha value is -7.24. The minimum Gasteiger partial charge on any atom is -0.453 e. The zero-order valence-corrected chi connectivity index (χ0v) is 49.0. The van der Waals surface area contributed by atoms with E-state index in [4.69, 9.17) is 19.4 Å². The van der Waals surface area contributed by atoms with E-state index < -0.39 is 24.3 Å². The summed E-state index contributed by atoms with van der Waals surface area (Å²) < 4.78 is 21.1. The van der Waals surface area contributed by atoms with Gasteiger partial charge in [0.25, 0.3) is 0 Å². The van der Waals surface area contributed by atoms with Crippen LogP contribution in [0.15, 0.2) is 91.3 Å². The molecule has 17 heteroatoms. The zero-order chi connectivity index (χ0) is 57.6. The van der Waals surface area contributed by atoms with Gasteiger partial charge in [-0.3, -0.25) is 9.59 Å². The molecule has 4 atom stereocenters. The van der Waals surface area contributed by atoms with Crippen LogP contribution in [0.1, 0.15) is 130 Å². The number of aryl methyl sites for hydroxylation is 1. The lowest BCUT2D eigenvalue weighted by Crippen LogP contribution is -2.51. The lowest BCUT2D eigenvalue weighted by Gasteiger charge is -2.30. The largest absolute Gasteiger partial charge is 0.453 e. The predicted octanol–water partition coefficient (Wildman–Crippen LogP) is 11.8. The minimum absolute atomic E-state index is 0.122. The highest BCUT2D eigenvalue weighted by Crippen LogP contribution is 2.43. The molecular weight excluding hydrogens is 999 g/mol. The number of H-pyrrole nitrogens is 2. The molecule has 0 aliphatic carbocycles. The molecule has 426 valence electrons. The lowest BCUT2D eigenvalue weighted by atomic mass is 9.85. The van der Waals surface area contributed by atoms with Gasteiger partial charge in [0.1, 0.15) is 23.7 Å². The summed E-state index contributed by atoms with van der Waals surface area (Å²) in [5.74, 6) is 0.907. The van der Waals surface area contributed by atoms with E-state index in [1.807, 2.05) is 63.7 Å². The van der Waals surface area contributed by atoms with Gasteiger partial charge in [-0.1, -0.05) is 116 Å². The van der Waals surface area contributed by atoms with Crippen LogP contribution in [-0.2, 0) is 40.4 Å². The number of nitrogens with zero attached hydrogens (tertiary/aromatic N) is 5. The zero-order valence-electron chi connectivity index (χ0n) is 49.0. The van der Waals surface area contributed by atoms with Crippen LogP contribution in [0.4, 0.5) is 9.59 Å². The standard InChI is InChI=1S/C56H69N9O6.2C3H8O/c1-11-35-16-26-40(27-17-35)65-46(38-22-18-36(19-23-38)42-31-57-50(59-42)44-14-12-28-63(44)52(66)47(33(2)3)61-54(68)70-9)30-41(56(6,7)8)49(65)39-24-20-37(21-25-39)43-32-58-51(60-43)45-15-13-29-64(45)53(67)48(34(4)5)62-55(69)71-10;2*1-3-4-2/h16-27,30-34,44-45,47-48H,11-15,28-29H2,1-10H3,(H,57,59)(H,58,60)(H,61,68)(H,62,69);2*3H2,1-2H3/t44-,45-,47-,48?;;/m0../s1. The second kappa shape index (κ2) is 28.1. The molecule has 4 N–H and O–H groups in total. The van der Waals surface area contributed by atoms with Gasteiger partial charge in [0.2, 0.25) is 11.8 Å². The molecule has 2 fully saturated rings. The summed E-state index contributed by atoms with van der Waals surface area (Å²) in [6.07, 6.45) is 6.56. The van der Waals surface area contributed by atoms with E-state index in [1.165, 1.54) is 25.3 Å². The maximum Gasteiger partial charge on any atom is 0.407 e. The molecule has 1 unspecified atom stereocenters. The van der Waals surface area contributed by atoms with Crippen LogP contribution in [0.5, 0.6) is 0 Å². The third-order valence-corrected chi connectivity index (χ3v) is 14.6. The summed E-state index contributed by atoms with van der Waals surface area (Å²) >= 11 is 0. The van der Waals surface area contributed by atoms with Crippen molar-refractivity contribution < 1.29 is 38.1 Å². The molecule has 2 aliphatic heterocycles. The number of aromatic amines is 2. The van der Waals surface area contributed by atoms with Crippen molar-refractivity contribution in [3.8, 4) is 50.7 Å². The van der Waals surface area contributed by atoms with Crippen LogP contribution < -0.4 is 10.6 Å². The van der Waals surface area contributed by atoms with Crippen LogP contribution in [0.25, 0.3) is 50.7 Å². The number of carbonyl (C=O) groups is 4. The number of nitrogens with one attached hydrogen (secondary N) is 4. The fraction of sp³-hybridized carbons (Fsp3) is 0.484. The monoisotopic (exact) mass is 1080 g/mol. The molecule has 2 saturated heterocycles. The molecule has 0 bridgehead atoms. The van der Waals surface area contributed by atoms with E-state index >= 15 is 0 Å². The molecule has 79 heavy (non-hydrogen) atoms. The molecule has 5 heterocycles. The average Bonchev–Trinajstić information content (AvgIpc) is 4.54. The molecule has 4 amide bonds. The second-order valence-corrected chi connectivity index (χ2v) is 21.7. The van der Waals surface area contributed by atoms with E-state index in [-0.39, 0.29) is 41.1 Å². The third-order valence-electron chi connectivity index (χ3n) is 14.6. The molecule has 3 aromatic heterocycles. The average molecular weight is 1080 g/mol. The molecule has 0 saturated carbocycles. The van der Waals surface area contributed by atoms with Crippen molar-refractivity contribution in [2.45, 2.75) is 131 Å². The van der Waals surface area contributed by atoms with Crippen LogP contribution in [-0.4, -0.2) is 125 Å². The first kappa shape index (κ1) is 61.0. The first-order chi connectivity index (χ1) is 37.8. The SMILES string of the molecule is CCOC.CCOC.CCc1ccc(-n2c(-c3ccc(-c4cnc([C@@H]5CCCN5C(=O)[C@@H](NC(=O)OC)C(C)C)[nH]4)cc3)cc(C(C)(C)C)c2-c2ccc(-c3cnc([C@@H]4CCCN4C(=O)C(NC(=O)OC)C(C)C)[nH]3)cc2)cc1. The van der Waals surface area contributed by atoms with Crippen molar-refractivity contribution >= 4 is 24.0 Å². The number of methoxy groups -OCH3 is 4. The number of likely N-dealkylation sites (tertiary alicyclic amines) is 2. The summed E-state index contributed by atoms with van der Waals surface area (Å²) in [6.45, 7) is 23.3. The number of hydrogen-bond donors (Lipinski definition) is 4. The molecular formula is C62H85N9O8. The summed E-state index contributed by atoms with van der Waals surface area (Å²) in [5.41, 5.74) is 11.2. The number of ether oxygens (including phenoxy) is 4. The predicted molar refractivity (Wildman–Crippen MR) is 311 cm³/mol. The van der Waals surface area contributed by atoms with E-state index in [2.05, 4.69) is 141 Å². The highest BCUT2D eigenvalue weighted by atomic mass is 16.5. The maximum absolute atomic E-state index is 13.8. The van der Waals surface area contributed by atoms with Crippen molar-refractivity contribution in [2.75, 3.05) is 54.7 Å². The highest BCUT2D eigenvalue weighted by Gasteiger charge is 2.39. The van der Waals surface area contributed by atoms with Gasteiger partial charge in [0.15, 0.2) is 0 Å². The summed E-state index contributed by atoms with van der Waals surface area (Å²) in [7, 11) is 5.96. The number of amides is 4. The van der Waals surface area contributed by atoms with Gasteiger partial charge >= 0.3 is 12.2 Å². The Morgan fingerprint density at radius 2 is 1.03 bits per heavy atom. The highest BCUT2D eigenvalue weighted by molar-refractivity contribution is 5.87. The minimum atomic E-state index is -0.708. The Balaban J connectivity index is 0.00000118. The van der Waals surface area contributed by atoms with Crippen molar-refractivity contribution in [3.63, 3.8) is 0 Å². The number of hydrogen-bond acceptors (Lipinski definition) is 10. The van der Waals surface area contributed by atoms with Gasteiger partial charge in [-0.2, -0.15) is 0 Å². The van der Waals surface area contributed by atoms with E-state index in [0.717, 1.165) is 108 Å². The fourth-order valence-electron chi connectivity index (χ4n) is 10.0. The number of alkyl carbamates (subject to hydrolysis) is 2. The Morgan fingerprint density at radius 1 is 0.620 bits per heavy atom. The van der Waals surface area contributed by atoms with Crippen LogP contribution in [0.3, 0.4) is 0 Å². The van der Waals surface area contributed by atoms with Gasteiger partial charge in [0, 0.05) is 46.2 Å². The molecule has 0 radical (unpaired) electrons. The van der Waals surface area contributed by atoms with Crippen LogP contribution in [0, 0.1) is 11.8 Å². The molecule has 8 rings (SSSR count). The number of benzene rings is 3. The summed E-state index contributed by atoms with van der Waals surface area (Å²) in [4.78, 5) is 72.2. The Kier molecular flexibility index (Phi) is 21.7. The van der Waals surface area contributed by atoms with E-state index in [1.54, 1.807) is 14.2 Å². The molecule has 0 spiro atoms. The third kappa shape index (κ3) is 14.7. The smallest absolute Gasteiger partial charge is 0.407 e. The Bertz CT molecular complexity index is 2910. The van der Waals surface area contributed by atoms with Crippen molar-refractivity contribution in [1.29, 1.82) is 0 Å². The second-order valence-electron chi connectivity index (χ2n) is 21.7. The van der Waals surface area contributed by atoms with Crippen molar-refractivity contribution in [1.82, 2.24) is 44.9 Å². The Morgan fingerprint density at radius 3 is 1.39 bits per heavy atom. The van der Waals surface area contributed by atoms with Gasteiger partial charge in [-0.15, -0.1) is 0 Å². The first-order valence-electron chi connectivity index (χ1n) is 27.8. The molecule has 17 nitrogen and oxygen atoms in total. The molecule has 2 aliphatic rings. The van der Waals surface area contributed by atoms with Gasteiger partial charge in [-0.05, 0) is 115 Å². The fourth-order valence-corrected chi connectivity index (χ4v) is 10.0. The van der Waals surface area contributed by atoms with Crippen LogP contribution in [0.2, 0.25) is 0 Å². The summed E-state index contributed by atoms with van der Waals surface area (Å²) in [5, 5.41) is 5.46. The van der Waals surface area contributed by atoms with Crippen LogP contribution >= 0.6 is 0 Å².